The number of halogens is 2. The summed E-state index contributed by atoms with van der Waals surface area (Å²) in [5.41, 5.74) is -0.528. The average molecular weight is 421 g/mol. The molecule has 1 aliphatic heterocycles. The maximum Gasteiger partial charge on any atom is 0.328 e. The van der Waals surface area contributed by atoms with Gasteiger partial charge in [0.1, 0.15) is 5.54 Å². The van der Waals surface area contributed by atoms with Gasteiger partial charge in [0.25, 0.3) is 5.91 Å². The van der Waals surface area contributed by atoms with Crippen molar-refractivity contribution in [2.45, 2.75) is 18.5 Å². The maximum atomic E-state index is 12.7. The van der Waals surface area contributed by atoms with Crippen molar-refractivity contribution in [1.29, 1.82) is 0 Å². The second-order valence-electron chi connectivity index (χ2n) is 6.48. The first-order chi connectivity index (χ1) is 13.3. The molecule has 6 nitrogen and oxygen atoms in total. The largest absolute Gasteiger partial charge is 0.468 e. The van der Waals surface area contributed by atoms with E-state index in [9.17, 15) is 14.4 Å². The first kappa shape index (κ1) is 20.3. The van der Waals surface area contributed by atoms with Gasteiger partial charge in [0, 0.05) is 21.2 Å². The smallest absolute Gasteiger partial charge is 0.328 e. The quantitative estimate of drug-likeness (QED) is 0.572. The van der Waals surface area contributed by atoms with Crippen molar-refractivity contribution in [3.05, 3.63) is 69.7 Å². The molecule has 1 heterocycles. The summed E-state index contributed by atoms with van der Waals surface area (Å²) in [6.07, 6.45) is 0. The minimum Gasteiger partial charge on any atom is -0.468 e. The zero-order chi connectivity index (χ0) is 20.5. The van der Waals surface area contributed by atoms with Crippen molar-refractivity contribution < 1.29 is 19.1 Å². The molecule has 0 aromatic heterocycles. The number of rotatable bonds is 5. The van der Waals surface area contributed by atoms with Gasteiger partial charge in [0.2, 0.25) is 5.91 Å². The summed E-state index contributed by atoms with van der Waals surface area (Å²) < 4.78 is 4.92. The summed E-state index contributed by atoms with van der Waals surface area (Å²) in [4.78, 5) is 37.6. The fourth-order valence-corrected chi connectivity index (χ4v) is 3.89. The SMILES string of the molecule is COC(=O)[C@]1([C@H](C)C(=O)NC(=O)c2ccccc2)N[C@@H]1c1c(Cl)cccc1Cl. The number of benzene rings is 2. The predicted molar refractivity (Wildman–Crippen MR) is 105 cm³/mol. The van der Waals surface area contributed by atoms with E-state index in [0.29, 0.717) is 21.2 Å². The monoisotopic (exact) mass is 420 g/mol. The lowest BCUT2D eigenvalue weighted by molar-refractivity contribution is -0.147. The molecular formula is C20H18Cl2N2O4. The molecule has 146 valence electrons. The number of hydrogen-bond acceptors (Lipinski definition) is 5. The Morgan fingerprint density at radius 3 is 2.25 bits per heavy atom. The molecule has 1 saturated heterocycles. The summed E-state index contributed by atoms with van der Waals surface area (Å²) >= 11 is 12.5. The topological polar surface area (TPSA) is 94.4 Å². The van der Waals surface area contributed by atoms with E-state index in [-0.39, 0.29) is 0 Å². The molecule has 1 aliphatic rings. The van der Waals surface area contributed by atoms with E-state index in [1.165, 1.54) is 7.11 Å². The van der Waals surface area contributed by atoms with E-state index < -0.39 is 35.3 Å². The molecule has 3 rings (SSSR count). The second-order valence-corrected chi connectivity index (χ2v) is 7.29. The Hall–Kier alpha value is -2.41. The van der Waals surface area contributed by atoms with Crippen LogP contribution in [-0.4, -0.2) is 30.4 Å². The van der Waals surface area contributed by atoms with Crippen molar-refractivity contribution in [1.82, 2.24) is 10.6 Å². The summed E-state index contributed by atoms with van der Waals surface area (Å²) in [6, 6.07) is 12.7. The van der Waals surface area contributed by atoms with Gasteiger partial charge in [-0.15, -0.1) is 0 Å². The number of esters is 1. The number of carbonyl (C=O) groups is 3. The Morgan fingerprint density at radius 1 is 1.07 bits per heavy atom. The maximum absolute atomic E-state index is 12.7. The molecule has 28 heavy (non-hydrogen) atoms. The second kappa shape index (κ2) is 7.91. The number of methoxy groups -OCH3 is 1. The van der Waals surface area contributed by atoms with Gasteiger partial charge in [-0.2, -0.15) is 0 Å². The zero-order valence-electron chi connectivity index (χ0n) is 15.2. The molecule has 0 spiro atoms. The molecule has 0 aliphatic carbocycles. The van der Waals surface area contributed by atoms with Crippen LogP contribution >= 0.6 is 23.2 Å². The molecule has 3 atom stereocenters. The first-order valence-corrected chi connectivity index (χ1v) is 9.28. The van der Waals surface area contributed by atoms with E-state index in [2.05, 4.69) is 10.6 Å². The third-order valence-electron chi connectivity index (χ3n) is 4.92. The van der Waals surface area contributed by atoms with E-state index >= 15 is 0 Å². The lowest BCUT2D eigenvalue weighted by atomic mass is 9.86. The van der Waals surface area contributed by atoms with Gasteiger partial charge in [0.05, 0.1) is 19.1 Å². The number of hydrogen-bond donors (Lipinski definition) is 2. The van der Waals surface area contributed by atoms with Crippen molar-refractivity contribution in [3.8, 4) is 0 Å². The highest BCUT2D eigenvalue weighted by Gasteiger charge is 2.67. The molecule has 2 aromatic rings. The molecule has 0 unspecified atom stereocenters. The zero-order valence-corrected chi connectivity index (χ0v) is 16.7. The molecule has 1 fully saturated rings. The molecule has 2 amide bonds. The fourth-order valence-electron chi connectivity index (χ4n) is 3.27. The van der Waals surface area contributed by atoms with E-state index in [1.54, 1.807) is 55.5 Å². The third kappa shape index (κ3) is 3.51. The van der Waals surface area contributed by atoms with Gasteiger partial charge in [-0.3, -0.25) is 20.2 Å². The van der Waals surface area contributed by atoms with Crippen molar-refractivity contribution in [2.24, 2.45) is 5.92 Å². The molecule has 2 aromatic carbocycles. The minimum absolute atomic E-state index is 0.338. The molecule has 0 saturated carbocycles. The lowest BCUT2D eigenvalue weighted by Gasteiger charge is -2.20. The Bertz CT molecular complexity index is 915. The molecule has 2 N–H and O–H groups in total. The number of imide groups is 1. The fraction of sp³-hybridized carbons (Fsp3) is 0.250. The number of nitrogens with one attached hydrogen (secondary N) is 2. The van der Waals surface area contributed by atoms with Crippen LogP contribution < -0.4 is 10.6 Å². The van der Waals surface area contributed by atoms with Gasteiger partial charge in [0.15, 0.2) is 0 Å². The summed E-state index contributed by atoms with van der Waals surface area (Å²) in [7, 11) is 1.23. The van der Waals surface area contributed by atoms with Gasteiger partial charge < -0.3 is 4.74 Å². The van der Waals surface area contributed by atoms with Crippen molar-refractivity contribution in [3.63, 3.8) is 0 Å². The van der Waals surface area contributed by atoms with Crippen LogP contribution in [0.15, 0.2) is 48.5 Å². The Morgan fingerprint density at radius 2 is 1.68 bits per heavy atom. The summed E-state index contributed by atoms with van der Waals surface area (Å²) in [5, 5.41) is 6.07. The van der Waals surface area contributed by atoms with Crippen LogP contribution in [0, 0.1) is 5.92 Å². The van der Waals surface area contributed by atoms with Gasteiger partial charge >= 0.3 is 5.97 Å². The van der Waals surface area contributed by atoms with Gasteiger partial charge in [-0.25, -0.2) is 4.79 Å². The number of ether oxygens (including phenoxy) is 1. The van der Waals surface area contributed by atoms with E-state index in [1.807, 2.05) is 0 Å². The number of amides is 2. The molecule has 8 heteroatoms. The molecular weight excluding hydrogens is 403 g/mol. The Kier molecular flexibility index (Phi) is 5.74. The molecule has 0 bridgehead atoms. The highest BCUT2D eigenvalue weighted by Crippen LogP contribution is 2.51. The van der Waals surface area contributed by atoms with Crippen LogP contribution in [-0.2, 0) is 14.3 Å². The van der Waals surface area contributed by atoms with Crippen LogP contribution in [0.5, 0.6) is 0 Å². The summed E-state index contributed by atoms with van der Waals surface area (Å²) in [6.45, 7) is 1.54. The highest BCUT2D eigenvalue weighted by molar-refractivity contribution is 6.36. The standard InChI is InChI=1S/C20H18Cl2N2O4/c1-11(17(25)23-18(26)12-7-4-3-5-8-12)20(19(27)28-2)16(24-20)15-13(21)9-6-10-14(15)22/h3-11,16,24H,1-2H3,(H,23,25,26)/t11-,16-,20-/m1/s1. The molecule has 0 radical (unpaired) electrons. The van der Waals surface area contributed by atoms with Crippen LogP contribution in [0.3, 0.4) is 0 Å². The Balaban J connectivity index is 1.86. The van der Waals surface area contributed by atoms with Gasteiger partial charge in [-0.1, -0.05) is 54.4 Å². The number of carbonyl (C=O) groups excluding carboxylic acids is 3. The minimum atomic E-state index is -1.37. The average Bonchev–Trinajstić information content (AvgIpc) is 3.43. The predicted octanol–water partition coefficient (Wildman–Crippen LogP) is 3.14. The van der Waals surface area contributed by atoms with E-state index in [4.69, 9.17) is 27.9 Å². The normalized spacial score (nSPS) is 21.5. The Labute approximate surface area is 172 Å². The summed E-state index contributed by atoms with van der Waals surface area (Å²) in [5.74, 6) is -2.73. The van der Waals surface area contributed by atoms with Crippen LogP contribution in [0.1, 0.15) is 28.9 Å². The first-order valence-electron chi connectivity index (χ1n) is 8.53. The van der Waals surface area contributed by atoms with Crippen molar-refractivity contribution in [2.75, 3.05) is 7.11 Å². The van der Waals surface area contributed by atoms with Crippen molar-refractivity contribution >= 4 is 41.0 Å². The highest BCUT2D eigenvalue weighted by atomic mass is 35.5. The van der Waals surface area contributed by atoms with Gasteiger partial charge in [-0.05, 0) is 24.3 Å². The van der Waals surface area contributed by atoms with E-state index in [0.717, 1.165) is 0 Å². The third-order valence-corrected chi connectivity index (χ3v) is 5.57. The van der Waals surface area contributed by atoms with Crippen LogP contribution in [0.4, 0.5) is 0 Å². The van der Waals surface area contributed by atoms with Crippen LogP contribution in [0.25, 0.3) is 0 Å². The van der Waals surface area contributed by atoms with Crippen LogP contribution in [0.2, 0.25) is 10.0 Å². The lowest BCUT2D eigenvalue weighted by Crippen LogP contribution is -2.46.